The Balaban J connectivity index is 1.75. The summed E-state index contributed by atoms with van der Waals surface area (Å²) in [6, 6.07) is 16.7. The van der Waals surface area contributed by atoms with Gasteiger partial charge in [0.1, 0.15) is 0 Å². The third-order valence-electron chi connectivity index (χ3n) is 4.66. The van der Waals surface area contributed by atoms with Crippen molar-refractivity contribution < 1.29 is 17.9 Å². The molecule has 0 spiro atoms. The largest absolute Gasteiger partial charge is 0.466 e. The number of nitrogens with one attached hydrogen (secondary N) is 1. The third kappa shape index (κ3) is 5.80. The lowest BCUT2D eigenvalue weighted by Gasteiger charge is -2.10. The second-order valence-corrected chi connectivity index (χ2v) is 9.08. The van der Waals surface area contributed by atoms with E-state index in [4.69, 9.17) is 4.74 Å². The van der Waals surface area contributed by atoms with E-state index in [1.54, 1.807) is 16.8 Å². The first-order valence-electron chi connectivity index (χ1n) is 10.2. The Labute approximate surface area is 183 Å². The zero-order valence-corrected chi connectivity index (χ0v) is 18.8. The van der Waals surface area contributed by atoms with Gasteiger partial charge in [0, 0.05) is 12.1 Å². The first kappa shape index (κ1) is 22.7. The maximum Gasteiger partial charge on any atom is 0.307 e. The van der Waals surface area contributed by atoms with Crippen LogP contribution in [0.15, 0.2) is 59.5 Å². The molecule has 2 aromatic carbocycles. The molecule has 0 radical (unpaired) electrons. The molecule has 1 N–H and O–H groups in total. The van der Waals surface area contributed by atoms with E-state index >= 15 is 0 Å². The van der Waals surface area contributed by atoms with Gasteiger partial charge >= 0.3 is 5.97 Å². The fraction of sp³-hybridized carbons (Fsp3) is 0.304. The number of aryl methyl sites for hydroxylation is 2. The predicted octanol–water partition coefficient (Wildman–Crippen LogP) is 3.78. The summed E-state index contributed by atoms with van der Waals surface area (Å²) >= 11 is 0. The van der Waals surface area contributed by atoms with Gasteiger partial charge in [-0.25, -0.2) is 17.8 Å². The number of hydrogen-bond donors (Lipinski definition) is 1. The molecule has 0 aliphatic carbocycles. The number of hydrogen-bond acceptors (Lipinski definition) is 5. The van der Waals surface area contributed by atoms with Crippen molar-refractivity contribution in [3.63, 3.8) is 0 Å². The van der Waals surface area contributed by atoms with Crippen molar-refractivity contribution in [2.24, 2.45) is 0 Å². The standard InChI is InChI=1S/C23H27N3O4S/c1-4-15-30-23(27)13-14-24-31(28,29)21-11-9-20(10-12-21)26-22(16-18(3)25-26)19-7-5-17(2)6-8-19/h5-12,16,24H,4,13-15H2,1-3H3. The summed E-state index contributed by atoms with van der Waals surface area (Å²) < 4.78 is 34.2. The number of aromatic nitrogens is 2. The van der Waals surface area contributed by atoms with Crippen LogP contribution in [0, 0.1) is 13.8 Å². The highest BCUT2D eigenvalue weighted by Gasteiger charge is 2.16. The van der Waals surface area contributed by atoms with Gasteiger partial charge in [0.25, 0.3) is 0 Å². The normalized spacial score (nSPS) is 11.5. The smallest absolute Gasteiger partial charge is 0.307 e. The van der Waals surface area contributed by atoms with Crippen LogP contribution in [-0.4, -0.2) is 37.3 Å². The first-order valence-corrected chi connectivity index (χ1v) is 11.7. The molecule has 0 fully saturated rings. The van der Waals surface area contributed by atoms with Crippen LogP contribution in [0.3, 0.4) is 0 Å². The molecule has 0 unspecified atom stereocenters. The van der Waals surface area contributed by atoms with Gasteiger partial charge in [-0.3, -0.25) is 4.79 Å². The average Bonchev–Trinajstić information content (AvgIpc) is 3.14. The van der Waals surface area contributed by atoms with Gasteiger partial charge in [-0.2, -0.15) is 5.10 Å². The highest BCUT2D eigenvalue weighted by Crippen LogP contribution is 2.25. The molecular formula is C23H27N3O4S. The fourth-order valence-corrected chi connectivity index (χ4v) is 4.08. The monoisotopic (exact) mass is 441 g/mol. The minimum Gasteiger partial charge on any atom is -0.466 e. The van der Waals surface area contributed by atoms with Crippen LogP contribution < -0.4 is 4.72 Å². The minimum atomic E-state index is -3.72. The fourth-order valence-electron chi connectivity index (χ4n) is 3.05. The number of esters is 1. The number of ether oxygens (including phenoxy) is 1. The van der Waals surface area contributed by atoms with Gasteiger partial charge in [-0.1, -0.05) is 36.8 Å². The first-order chi connectivity index (χ1) is 14.8. The molecule has 3 aromatic rings. The quantitative estimate of drug-likeness (QED) is 0.511. The molecule has 0 saturated carbocycles. The summed E-state index contributed by atoms with van der Waals surface area (Å²) in [6.07, 6.45) is 0.717. The number of sulfonamides is 1. The van der Waals surface area contributed by atoms with Crippen LogP contribution in [0.25, 0.3) is 16.9 Å². The molecule has 31 heavy (non-hydrogen) atoms. The maximum absolute atomic E-state index is 12.5. The molecular weight excluding hydrogens is 414 g/mol. The SMILES string of the molecule is CCCOC(=O)CCNS(=O)(=O)c1ccc(-n2nc(C)cc2-c2ccc(C)cc2)cc1. The van der Waals surface area contributed by atoms with E-state index in [2.05, 4.69) is 9.82 Å². The Hall–Kier alpha value is -2.97. The van der Waals surface area contributed by atoms with Gasteiger partial charge in [0.2, 0.25) is 10.0 Å². The molecule has 0 bridgehead atoms. The van der Waals surface area contributed by atoms with E-state index in [0.717, 1.165) is 29.1 Å². The lowest BCUT2D eigenvalue weighted by molar-refractivity contribution is -0.143. The second-order valence-electron chi connectivity index (χ2n) is 7.31. The van der Waals surface area contributed by atoms with E-state index in [0.29, 0.717) is 6.61 Å². The van der Waals surface area contributed by atoms with Crippen molar-refractivity contribution in [3.05, 3.63) is 65.9 Å². The highest BCUT2D eigenvalue weighted by atomic mass is 32.2. The van der Waals surface area contributed by atoms with Gasteiger partial charge < -0.3 is 4.74 Å². The Morgan fingerprint density at radius 2 is 1.74 bits per heavy atom. The number of nitrogens with zero attached hydrogens (tertiary/aromatic N) is 2. The summed E-state index contributed by atoms with van der Waals surface area (Å²) in [6.45, 7) is 6.18. The van der Waals surface area contributed by atoms with E-state index < -0.39 is 16.0 Å². The van der Waals surface area contributed by atoms with Crippen LogP contribution in [0.4, 0.5) is 0 Å². The maximum atomic E-state index is 12.5. The summed E-state index contributed by atoms with van der Waals surface area (Å²) in [7, 11) is -3.72. The molecule has 0 atom stereocenters. The highest BCUT2D eigenvalue weighted by molar-refractivity contribution is 7.89. The van der Waals surface area contributed by atoms with Crippen LogP contribution in [0.2, 0.25) is 0 Å². The minimum absolute atomic E-state index is 0.0101. The number of rotatable bonds is 9. The third-order valence-corrected chi connectivity index (χ3v) is 6.14. The molecule has 1 heterocycles. The molecule has 7 nitrogen and oxygen atoms in total. The van der Waals surface area contributed by atoms with Crippen LogP contribution in [0.1, 0.15) is 31.0 Å². The van der Waals surface area contributed by atoms with Gasteiger partial charge in [-0.15, -0.1) is 0 Å². The molecule has 0 aliphatic rings. The van der Waals surface area contributed by atoms with Crippen LogP contribution >= 0.6 is 0 Å². The average molecular weight is 442 g/mol. The van der Waals surface area contributed by atoms with Crippen molar-refractivity contribution >= 4 is 16.0 Å². The lowest BCUT2D eigenvalue weighted by Crippen LogP contribution is -2.26. The Bertz CT molecular complexity index is 1130. The van der Waals surface area contributed by atoms with Gasteiger partial charge in [0.15, 0.2) is 0 Å². The zero-order chi connectivity index (χ0) is 22.4. The predicted molar refractivity (Wildman–Crippen MR) is 120 cm³/mol. The zero-order valence-electron chi connectivity index (χ0n) is 18.0. The van der Waals surface area contributed by atoms with Gasteiger partial charge in [0.05, 0.1) is 35.0 Å². The van der Waals surface area contributed by atoms with E-state index in [1.165, 1.54) is 17.7 Å². The molecule has 3 rings (SSSR count). The second kappa shape index (κ2) is 9.89. The molecule has 0 amide bonds. The number of carbonyl (C=O) groups excluding carboxylic acids is 1. The summed E-state index contributed by atoms with van der Waals surface area (Å²) in [5.41, 5.74) is 4.75. The topological polar surface area (TPSA) is 90.3 Å². The molecule has 164 valence electrons. The van der Waals surface area contributed by atoms with Crippen molar-refractivity contribution in [3.8, 4) is 16.9 Å². The van der Waals surface area contributed by atoms with Gasteiger partial charge in [-0.05, 0) is 50.6 Å². The van der Waals surface area contributed by atoms with Crippen LogP contribution in [-0.2, 0) is 19.6 Å². The Morgan fingerprint density at radius 3 is 2.39 bits per heavy atom. The van der Waals surface area contributed by atoms with E-state index in [-0.39, 0.29) is 17.9 Å². The summed E-state index contributed by atoms with van der Waals surface area (Å²) in [5.74, 6) is -0.419. The Kier molecular flexibility index (Phi) is 7.25. The van der Waals surface area contributed by atoms with E-state index in [9.17, 15) is 13.2 Å². The molecule has 1 aromatic heterocycles. The van der Waals surface area contributed by atoms with E-state index in [1.807, 2.05) is 51.1 Å². The van der Waals surface area contributed by atoms with Crippen molar-refractivity contribution in [2.75, 3.05) is 13.2 Å². The summed E-state index contributed by atoms with van der Waals surface area (Å²) in [4.78, 5) is 11.7. The van der Waals surface area contributed by atoms with Crippen LogP contribution in [0.5, 0.6) is 0 Å². The van der Waals surface area contributed by atoms with Crippen molar-refractivity contribution in [1.29, 1.82) is 0 Å². The number of benzene rings is 2. The molecule has 0 aliphatic heterocycles. The Morgan fingerprint density at radius 1 is 1.06 bits per heavy atom. The summed E-state index contributed by atoms with van der Waals surface area (Å²) in [5, 5.41) is 4.57. The molecule has 8 heteroatoms. The van der Waals surface area contributed by atoms with Crippen molar-refractivity contribution in [2.45, 2.75) is 38.5 Å². The van der Waals surface area contributed by atoms with Crippen molar-refractivity contribution in [1.82, 2.24) is 14.5 Å². The molecule has 0 saturated heterocycles. The number of carbonyl (C=O) groups is 1. The lowest BCUT2D eigenvalue weighted by atomic mass is 10.1.